The molecule has 1 aliphatic heterocycles. The predicted molar refractivity (Wildman–Crippen MR) is 143 cm³/mol. The Bertz CT molecular complexity index is 1370. The highest BCUT2D eigenvalue weighted by Gasteiger charge is 2.37. The Morgan fingerprint density at radius 3 is 2.35 bits per heavy atom. The number of carbonyl (C=O) groups excluding carboxylic acids is 3. The number of methoxy groups -OCH3 is 1. The number of hydrogen-bond acceptors (Lipinski definition) is 6. The minimum Gasteiger partial charge on any atom is -0.494 e. The summed E-state index contributed by atoms with van der Waals surface area (Å²) in [6.07, 6.45) is 1.35. The van der Waals surface area contributed by atoms with Crippen LogP contribution in [0.3, 0.4) is 0 Å². The highest BCUT2D eigenvalue weighted by molar-refractivity contribution is 9.10. The third-order valence-electron chi connectivity index (χ3n) is 5.37. The third-order valence-corrected chi connectivity index (χ3v) is 6.18. The monoisotopic (exact) mass is 584 g/mol. The number of amides is 4. The number of halogens is 2. The number of hydrogen-bond donors (Lipinski definition) is 1. The largest absolute Gasteiger partial charge is 0.494 e. The van der Waals surface area contributed by atoms with Crippen molar-refractivity contribution >= 4 is 57.1 Å². The van der Waals surface area contributed by atoms with Gasteiger partial charge >= 0.3 is 6.03 Å². The zero-order chi connectivity index (χ0) is 26.5. The molecule has 0 radical (unpaired) electrons. The average molecular weight is 586 g/mol. The van der Waals surface area contributed by atoms with Crippen LogP contribution in [0.4, 0.5) is 10.5 Å². The van der Waals surface area contributed by atoms with Gasteiger partial charge in [-0.2, -0.15) is 0 Å². The Morgan fingerprint density at radius 1 is 1.00 bits per heavy atom. The van der Waals surface area contributed by atoms with Gasteiger partial charge in [0.25, 0.3) is 11.8 Å². The summed E-state index contributed by atoms with van der Waals surface area (Å²) in [6, 6.07) is 16.3. The van der Waals surface area contributed by atoms with Gasteiger partial charge in [0.15, 0.2) is 11.5 Å². The van der Waals surface area contributed by atoms with E-state index in [4.69, 9.17) is 25.8 Å². The lowest BCUT2D eigenvalue weighted by Crippen LogP contribution is -2.54. The second kappa shape index (κ2) is 11.5. The number of nitrogens with zero attached hydrogens (tertiary/aromatic N) is 1. The first-order valence-corrected chi connectivity index (χ1v) is 12.4. The molecule has 4 amide bonds. The van der Waals surface area contributed by atoms with E-state index in [2.05, 4.69) is 21.2 Å². The Balaban J connectivity index is 1.61. The Labute approximate surface area is 226 Å². The Hall–Kier alpha value is -3.82. The first-order valence-electron chi connectivity index (χ1n) is 11.2. The molecule has 0 bridgehead atoms. The number of imide groups is 2. The van der Waals surface area contributed by atoms with Crippen molar-refractivity contribution in [3.63, 3.8) is 0 Å². The summed E-state index contributed by atoms with van der Waals surface area (Å²) in [7, 11) is 1.46. The van der Waals surface area contributed by atoms with E-state index in [9.17, 15) is 14.4 Å². The Kier molecular flexibility index (Phi) is 8.15. The molecule has 1 saturated heterocycles. The first-order chi connectivity index (χ1) is 17.8. The number of barbiturate groups is 1. The van der Waals surface area contributed by atoms with E-state index in [1.165, 1.54) is 13.2 Å². The third kappa shape index (κ3) is 5.95. The van der Waals surface area contributed by atoms with Crippen LogP contribution in [0.25, 0.3) is 6.08 Å². The number of carbonyl (C=O) groups is 3. The minimum absolute atomic E-state index is 0.228. The summed E-state index contributed by atoms with van der Waals surface area (Å²) in [6.45, 7) is 2.58. The summed E-state index contributed by atoms with van der Waals surface area (Å²) < 4.78 is 17.7. The van der Waals surface area contributed by atoms with E-state index in [1.54, 1.807) is 36.4 Å². The van der Waals surface area contributed by atoms with Gasteiger partial charge in [-0.25, -0.2) is 9.69 Å². The van der Waals surface area contributed by atoms with E-state index in [0.717, 1.165) is 14.9 Å². The maximum absolute atomic E-state index is 13.2. The highest BCUT2D eigenvalue weighted by atomic mass is 79.9. The van der Waals surface area contributed by atoms with Gasteiger partial charge in [-0.3, -0.25) is 14.9 Å². The van der Waals surface area contributed by atoms with E-state index < -0.39 is 17.8 Å². The molecule has 0 saturated carbocycles. The maximum atomic E-state index is 13.2. The normalized spacial score (nSPS) is 14.5. The van der Waals surface area contributed by atoms with E-state index >= 15 is 0 Å². The van der Waals surface area contributed by atoms with Crippen LogP contribution < -0.4 is 24.4 Å². The van der Waals surface area contributed by atoms with E-state index in [1.807, 2.05) is 31.2 Å². The highest BCUT2D eigenvalue weighted by Crippen LogP contribution is 2.38. The lowest BCUT2D eigenvalue weighted by atomic mass is 10.1. The second-order valence-corrected chi connectivity index (χ2v) is 9.16. The standard InChI is InChI=1S/C27H22BrClN2O6/c1-3-36-20-10-8-19(9-11-20)31-26(33)21(25(32)30-27(31)34)12-17-13-22(29)24(23(14-17)35-2)37-15-16-4-6-18(28)7-5-16/h4-14H,3,15H2,1-2H3,(H,30,32,34)/b21-12+. The van der Waals surface area contributed by atoms with Crippen molar-refractivity contribution in [2.45, 2.75) is 13.5 Å². The smallest absolute Gasteiger partial charge is 0.335 e. The van der Waals surface area contributed by atoms with Gasteiger partial charge in [0.2, 0.25) is 0 Å². The molecular formula is C27H22BrClN2O6. The zero-order valence-electron chi connectivity index (χ0n) is 19.9. The molecule has 1 aliphatic rings. The molecule has 37 heavy (non-hydrogen) atoms. The molecule has 3 aromatic rings. The van der Waals surface area contributed by atoms with E-state index in [-0.39, 0.29) is 22.9 Å². The summed E-state index contributed by atoms with van der Waals surface area (Å²) in [4.78, 5) is 39.1. The molecule has 0 unspecified atom stereocenters. The minimum atomic E-state index is -0.844. The van der Waals surface area contributed by atoms with Crippen molar-refractivity contribution in [3.8, 4) is 17.2 Å². The number of anilines is 1. The summed E-state index contributed by atoms with van der Waals surface area (Å²) in [5.41, 5.74) is 1.39. The van der Waals surface area contributed by atoms with Gasteiger partial charge in [0, 0.05) is 4.47 Å². The fourth-order valence-corrected chi connectivity index (χ4v) is 4.15. The van der Waals surface area contributed by atoms with Gasteiger partial charge in [-0.15, -0.1) is 0 Å². The lowest BCUT2D eigenvalue weighted by Gasteiger charge is -2.26. The first kappa shape index (κ1) is 26.2. The molecule has 3 aromatic carbocycles. The summed E-state index contributed by atoms with van der Waals surface area (Å²) >= 11 is 9.87. The molecule has 0 spiro atoms. The lowest BCUT2D eigenvalue weighted by molar-refractivity contribution is -0.122. The van der Waals surface area contributed by atoms with E-state index in [0.29, 0.717) is 29.4 Å². The predicted octanol–water partition coefficient (Wildman–Crippen LogP) is 5.76. The van der Waals surface area contributed by atoms with Crippen molar-refractivity contribution in [2.24, 2.45) is 0 Å². The number of benzene rings is 3. The van der Waals surface area contributed by atoms with Crippen molar-refractivity contribution in [1.82, 2.24) is 5.32 Å². The van der Waals surface area contributed by atoms with Crippen LogP contribution in [-0.4, -0.2) is 31.6 Å². The molecule has 8 nitrogen and oxygen atoms in total. The van der Waals surface area contributed by atoms with Crippen LogP contribution in [-0.2, 0) is 16.2 Å². The second-order valence-electron chi connectivity index (χ2n) is 7.83. The van der Waals surface area contributed by atoms with Crippen LogP contribution >= 0.6 is 27.5 Å². The van der Waals surface area contributed by atoms with Crippen molar-refractivity contribution in [2.75, 3.05) is 18.6 Å². The van der Waals surface area contributed by atoms with Gasteiger partial charge in [-0.05, 0) is 72.7 Å². The molecule has 0 aromatic heterocycles. The molecular weight excluding hydrogens is 564 g/mol. The van der Waals surface area contributed by atoms with Crippen LogP contribution in [0.5, 0.6) is 17.2 Å². The number of ether oxygens (including phenoxy) is 3. The SMILES string of the molecule is CCOc1ccc(N2C(=O)NC(=O)/C(=C\c3cc(Cl)c(OCc4ccc(Br)cc4)c(OC)c3)C2=O)cc1. The molecule has 0 aliphatic carbocycles. The van der Waals surface area contributed by atoms with Crippen LogP contribution in [0.2, 0.25) is 5.02 Å². The number of rotatable bonds is 8. The molecule has 10 heteroatoms. The molecule has 190 valence electrons. The fourth-order valence-electron chi connectivity index (χ4n) is 3.62. The topological polar surface area (TPSA) is 94.2 Å². The number of urea groups is 1. The summed E-state index contributed by atoms with van der Waals surface area (Å²) in [5, 5.41) is 2.43. The molecule has 4 rings (SSSR count). The fraction of sp³-hybridized carbons (Fsp3) is 0.148. The van der Waals surface area contributed by atoms with Crippen LogP contribution in [0.1, 0.15) is 18.1 Å². The van der Waals surface area contributed by atoms with Gasteiger partial charge < -0.3 is 14.2 Å². The summed E-state index contributed by atoms with van der Waals surface area (Å²) in [5.74, 6) is -0.363. The Morgan fingerprint density at radius 2 is 1.70 bits per heavy atom. The van der Waals surface area contributed by atoms with Gasteiger partial charge in [-0.1, -0.05) is 39.7 Å². The molecule has 1 N–H and O–H groups in total. The molecule has 1 heterocycles. The van der Waals surface area contributed by atoms with Crippen LogP contribution in [0, 0.1) is 0 Å². The molecule has 0 atom stereocenters. The van der Waals surface area contributed by atoms with Gasteiger partial charge in [0.1, 0.15) is 17.9 Å². The quantitative estimate of drug-likeness (QED) is 0.267. The van der Waals surface area contributed by atoms with Crippen molar-refractivity contribution in [1.29, 1.82) is 0 Å². The van der Waals surface area contributed by atoms with Crippen molar-refractivity contribution in [3.05, 3.63) is 86.9 Å². The zero-order valence-corrected chi connectivity index (χ0v) is 22.3. The van der Waals surface area contributed by atoms with Crippen molar-refractivity contribution < 1.29 is 28.6 Å². The average Bonchev–Trinajstić information content (AvgIpc) is 2.87. The van der Waals surface area contributed by atoms with Crippen LogP contribution in [0.15, 0.2) is 70.7 Å². The van der Waals surface area contributed by atoms with Gasteiger partial charge in [0.05, 0.1) is 24.4 Å². The number of nitrogens with one attached hydrogen (secondary N) is 1. The molecule has 1 fully saturated rings. The maximum Gasteiger partial charge on any atom is 0.335 e.